The predicted octanol–water partition coefficient (Wildman–Crippen LogP) is 2.88. The van der Waals surface area contributed by atoms with Gasteiger partial charge >= 0.3 is 0 Å². The Kier molecular flexibility index (Phi) is 7.01. The van der Waals surface area contributed by atoms with Gasteiger partial charge in [-0.1, -0.05) is 11.8 Å². The van der Waals surface area contributed by atoms with E-state index in [1.807, 2.05) is 33.8 Å². The van der Waals surface area contributed by atoms with Gasteiger partial charge < -0.3 is 5.32 Å². The third-order valence-electron chi connectivity index (χ3n) is 4.90. The molecular weight excluding hydrogens is 448 g/mol. The molecule has 0 fully saturated rings. The summed E-state index contributed by atoms with van der Waals surface area (Å²) in [5.41, 5.74) is 3.92. The monoisotopic (exact) mass is 474 g/mol. The molecule has 0 aliphatic heterocycles. The van der Waals surface area contributed by atoms with Gasteiger partial charge in [-0.05, 0) is 69.2 Å². The lowest BCUT2D eigenvalue weighted by Gasteiger charge is -2.16. The van der Waals surface area contributed by atoms with Crippen LogP contribution in [0.1, 0.15) is 22.5 Å². The Labute approximate surface area is 192 Å². The van der Waals surface area contributed by atoms with Crippen LogP contribution in [0, 0.1) is 27.7 Å². The molecular formula is C21H26N6O3S2. The average molecular weight is 475 g/mol. The van der Waals surface area contributed by atoms with Crippen LogP contribution < -0.4 is 5.32 Å². The predicted molar refractivity (Wildman–Crippen MR) is 125 cm³/mol. The van der Waals surface area contributed by atoms with Gasteiger partial charge in [0.15, 0.2) is 5.82 Å². The molecule has 0 spiro atoms. The van der Waals surface area contributed by atoms with Crippen LogP contribution in [0.15, 0.2) is 40.3 Å². The number of hydrogen-bond acceptors (Lipinski definition) is 7. The Balaban J connectivity index is 1.69. The molecule has 170 valence electrons. The lowest BCUT2D eigenvalue weighted by Crippen LogP contribution is -2.23. The minimum atomic E-state index is -3.61. The standard InChI is InChI=1S/C21H26N6O3S2/c1-13-9-17(32(29,30)26(5)6)11-18(16(13)4)22-20(28)12-31-21-8-7-19(23-24-21)27-15(3)10-14(2)25-27/h7-11H,12H2,1-6H3,(H,22,28). The maximum Gasteiger partial charge on any atom is 0.242 e. The summed E-state index contributed by atoms with van der Waals surface area (Å²) in [6.45, 7) is 7.51. The van der Waals surface area contributed by atoms with Crippen molar-refractivity contribution in [2.45, 2.75) is 37.6 Å². The molecule has 2 heterocycles. The molecule has 0 aliphatic rings. The number of nitrogens with one attached hydrogen (secondary N) is 1. The fraction of sp³-hybridized carbons (Fsp3) is 0.333. The summed E-state index contributed by atoms with van der Waals surface area (Å²) in [6, 6.07) is 8.64. The first-order chi connectivity index (χ1) is 15.0. The van der Waals surface area contributed by atoms with Crippen molar-refractivity contribution in [1.82, 2.24) is 24.3 Å². The van der Waals surface area contributed by atoms with Crippen LogP contribution in [0.3, 0.4) is 0 Å². The van der Waals surface area contributed by atoms with E-state index in [-0.39, 0.29) is 16.6 Å². The van der Waals surface area contributed by atoms with Crippen LogP contribution in [0.4, 0.5) is 5.69 Å². The van der Waals surface area contributed by atoms with Gasteiger partial charge in [-0.25, -0.2) is 17.4 Å². The Morgan fingerprint density at radius 2 is 1.81 bits per heavy atom. The lowest BCUT2D eigenvalue weighted by atomic mass is 10.1. The highest BCUT2D eigenvalue weighted by atomic mass is 32.2. The minimum Gasteiger partial charge on any atom is -0.325 e. The number of carbonyl (C=O) groups is 1. The molecule has 0 bridgehead atoms. The van der Waals surface area contributed by atoms with Crippen LogP contribution in [0.25, 0.3) is 5.82 Å². The molecule has 0 saturated heterocycles. The number of nitrogens with zero attached hydrogens (tertiary/aromatic N) is 5. The molecule has 0 unspecified atom stereocenters. The molecule has 32 heavy (non-hydrogen) atoms. The molecule has 1 aromatic carbocycles. The van der Waals surface area contributed by atoms with E-state index in [0.29, 0.717) is 16.5 Å². The summed E-state index contributed by atoms with van der Waals surface area (Å²) in [5.74, 6) is 0.451. The van der Waals surface area contributed by atoms with Crippen molar-refractivity contribution in [3.8, 4) is 5.82 Å². The topological polar surface area (TPSA) is 110 Å². The summed E-state index contributed by atoms with van der Waals surface area (Å²) >= 11 is 1.24. The normalized spacial score (nSPS) is 11.7. The van der Waals surface area contributed by atoms with E-state index in [9.17, 15) is 13.2 Å². The zero-order valence-corrected chi connectivity index (χ0v) is 20.5. The number of hydrogen-bond donors (Lipinski definition) is 1. The smallest absolute Gasteiger partial charge is 0.242 e. The summed E-state index contributed by atoms with van der Waals surface area (Å²) in [6.07, 6.45) is 0. The van der Waals surface area contributed by atoms with Crippen LogP contribution in [0.2, 0.25) is 0 Å². The molecule has 0 radical (unpaired) electrons. The third kappa shape index (κ3) is 5.17. The number of thioether (sulfide) groups is 1. The maximum absolute atomic E-state index is 12.5. The highest BCUT2D eigenvalue weighted by Crippen LogP contribution is 2.26. The summed E-state index contributed by atoms with van der Waals surface area (Å²) in [4.78, 5) is 12.7. The Bertz CT molecular complexity index is 1250. The van der Waals surface area contributed by atoms with Gasteiger partial charge in [-0.15, -0.1) is 10.2 Å². The van der Waals surface area contributed by atoms with Gasteiger partial charge in [-0.2, -0.15) is 5.10 Å². The second kappa shape index (κ2) is 9.39. The Morgan fingerprint density at radius 3 is 2.38 bits per heavy atom. The molecule has 0 atom stereocenters. The van der Waals surface area contributed by atoms with Crippen LogP contribution >= 0.6 is 11.8 Å². The van der Waals surface area contributed by atoms with Gasteiger partial charge in [0.25, 0.3) is 0 Å². The van der Waals surface area contributed by atoms with Crippen LogP contribution in [-0.4, -0.2) is 58.5 Å². The van der Waals surface area contributed by atoms with Crippen LogP contribution in [-0.2, 0) is 14.8 Å². The fourth-order valence-electron chi connectivity index (χ4n) is 3.01. The van der Waals surface area contributed by atoms with Crippen molar-refractivity contribution in [2.24, 2.45) is 0 Å². The molecule has 3 aromatic rings. The molecule has 11 heteroatoms. The first-order valence-corrected chi connectivity index (χ1v) is 12.3. The second-order valence-electron chi connectivity index (χ2n) is 7.61. The van der Waals surface area contributed by atoms with E-state index in [4.69, 9.17) is 0 Å². The second-order valence-corrected chi connectivity index (χ2v) is 10.8. The molecule has 0 saturated carbocycles. The summed E-state index contributed by atoms with van der Waals surface area (Å²) in [7, 11) is -0.661. The van der Waals surface area contributed by atoms with E-state index >= 15 is 0 Å². The highest BCUT2D eigenvalue weighted by Gasteiger charge is 2.20. The number of carbonyl (C=O) groups excluding carboxylic acids is 1. The first-order valence-electron chi connectivity index (χ1n) is 9.83. The average Bonchev–Trinajstić information content (AvgIpc) is 3.07. The highest BCUT2D eigenvalue weighted by molar-refractivity contribution is 7.99. The fourth-order valence-corrected chi connectivity index (χ4v) is 4.63. The largest absolute Gasteiger partial charge is 0.325 e. The molecule has 1 amide bonds. The number of aromatic nitrogens is 4. The molecule has 1 N–H and O–H groups in total. The number of rotatable bonds is 7. The zero-order chi connectivity index (χ0) is 23.6. The lowest BCUT2D eigenvalue weighted by molar-refractivity contribution is -0.113. The quantitative estimate of drug-likeness (QED) is 0.524. The molecule has 3 rings (SSSR count). The number of benzene rings is 1. The van der Waals surface area contributed by atoms with E-state index in [0.717, 1.165) is 26.8 Å². The van der Waals surface area contributed by atoms with Crippen molar-refractivity contribution in [1.29, 1.82) is 0 Å². The Morgan fingerprint density at radius 1 is 1.09 bits per heavy atom. The molecule has 9 nitrogen and oxygen atoms in total. The van der Waals surface area contributed by atoms with Crippen molar-refractivity contribution in [2.75, 3.05) is 25.2 Å². The molecule has 0 aliphatic carbocycles. The maximum atomic E-state index is 12.5. The van der Waals surface area contributed by atoms with Gasteiger partial charge in [0.1, 0.15) is 5.03 Å². The van der Waals surface area contributed by atoms with Gasteiger partial charge in [-0.3, -0.25) is 4.79 Å². The van der Waals surface area contributed by atoms with Crippen molar-refractivity contribution < 1.29 is 13.2 Å². The third-order valence-corrected chi connectivity index (χ3v) is 7.61. The summed E-state index contributed by atoms with van der Waals surface area (Å²) in [5, 5.41) is 16.2. The Hall–Kier alpha value is -2.76. The van der Waals surface area contributed by atoms with Gasteiger partial charge in [0.2, 0.25) is 15.9 Å². The van der Waals surface area contributed by atoms with Gasteiger partial charge in [0, 0.05) is 25.5 Å². The minimum absolute atomic E-state index is 0.108. The van der Waals surface area contributed by atoms with E-state index in [1.54, 1.807) is 22.9 Å². The van der Waals surface area contributed by atoms with Crippen molar-refractivity contribution in [3.05, 3.63) is 52.8 Å². The first kappa shape index (κ1) is 23.9. The van der Waals surface area contributed by atoms with E-state index in [2.05, 4.69) is 20.6 Å². The van der Waals surface area contributed by atoms with Crippen molar-refractivity contribution in [3.63, 3.8) is 0 Å². The number of aryl methyl sites for hydroxylation is 3. The number of amides is 1. The molecule has 2 aromatic heterocycles. The van der Waals surface area contributed by atoms with Gasteiger partial charge in [0.05, 0.1) is 16.3 Å². The summed E-state index contributed by atoms with van der Waals surface area (Å²) < 4.78 is 27.8. The van der Waals surface area contributed by atoms with Crippen LogP contribution in [0.5, 0.6) is 0 Å². The number of anilines is 1. The van der Waals surface area contributed by atoms with E-state index < -0.39 is 10.0 Å². The zero-order valence-electron chi connectivity index (χ0n) is 18.9. The van der Waals surface area contributed by atoms with E-state index in [1.165, 1.54) is 31.9 Å². The van der Waals surface area contributed by atoms with Crippen molar-refractivity contribution >= 4 is 33.4 Å². The SMILES string of the molecule is Cc1cc(C)n(-c2ccc(SCC(=O)Nc3cc(S(=O)(=O)N(C)C)cc(C)c3C)nn2)n1. The number of sulfonamides is 1.